The van der Waals surface area contributed by atoms with Crippen LogP contribution in [0.25, 0.3) is 0 Å². The van der Waals surface area contributed by atoms with E-state index in [1.165, 1.54) is 0 Å². The molecule has 0 aliphatic carbocycles. The highest BCUT2D eigenvalue weighted by molar-refractivity contribution is 7.98. The summed E-state index contributed by atoms with van der Waals surface area (Å²) in [6.45, 7) is 3.65. The number of urea groups is 1. The van der Waals surface area contributed by atoms with Gasteiger partial charge < -0.3 is 5.32 Å². The van der Waals surface area contributed by atoms with E-state index in [9.17, 15) is 4.79 Å². The second-order valence-corrected chi connectivity index (χ2v) is 5.13. The Morgan fingerprint density at radius 3 is 2.65 bits per heavy atom. The predicted octanol–water partition coefficient (Wildman–Crippen LogP) is 3.46. The number of rotatable bonds is 3. The lowest BCUT2D eigenvalue weighted by atomic mass is 10.3. The van der Waals surface area contributed by atoms with Gasteiger partial charge in [-0.15, -0.1) is 11.8 Å². The highest BCUT2D eigenvalue weighted by Gasteiger charge is 2.05. The van der Waals surface area contributed by atoms with Crippen molar-refractivity contribution in [1.82, 2.24) is 9.97 Å². The number of carbonyl (C=O) groups is 1. The third-order valence-corrected chi connectivity index (χ3v) is 3.26. The van der Waals surface area contributed by atoms with Gasteiger partial charge in [0, 0.05) is 22.3 Å². The van der Waals surface area contributed by atoms with E-state index < -0.39 is 0 Å². The maximum atomic E-state index is 11.9. The standard InChI is InChI=1S/C14H16N4OS/c1-9-7-13(16-10(2)15-9)18-14(19)17-11-5-4-6-12(8-11)20-3/h4-8H,1-3H3,(H2,15,16,17,18,19). The van der Waals surface area contributed by atoms with Crippen LogP contribution in [0.2, 0.25) is 0 Å². The average Bonchev–Trinajstić information content (AvgIpc) is 2.37. The molecule has 6 heteroatoms. The van der Waals surface area contributed by atoms with Crippen molar-refractivity contribution < 1.29 is 4.79 Å². The zero-order chi connectivity index (χ0) is 14.5. The number of nitrogens with zero attached hydrogens (tertiary/aromatic N) is 2. The van der Waals surface area contributed by atoms with E-state index in [0.717, 1.165) is 16.3 Å². The van der Waals surface area contributed by atoms with Gasteiger partial charge in [0.1, 0.15) is 11.6 Å². The maximum absolute atomic E-state index is 11.9. The van der Waals surface area contributed by atoms with Crippen LogP contribution < -0.4 is 10.6 Å². The molecule has 0 unspecified atom stereocenters. The van der Waals surface area contributed by atoms with Crippen molar-refractivity contribution >= 4 is 29.3 Å². The van der Waals surface area contributed by atoms with Crippen molar-refractivity contribution in [1.29, 1.82) is 0 Å². The first-order valence-corrected chi connectivity index (χ1v) is 7.33. The summed E-state index contributed by atoms with van der Waals surface area (Å²) in [5, 5.41) is 5.48. The van der Waals surface area contributed by atoms with E-state index in [2.05, 4.69) is 20.6 Å². The minimum Gasteiger partial charge on any atom is -0.308 e. The largest absolute Gasteiger partial charge is 0.324 e. The summed E-state index contributed by atoms with van der Waals surface area (Å²) in [5.41, 5.74) is 1.56. The van der Waals surface area contributed by atoms with Crippen molar-refractivity contribution in [3.8, 4) is 0 Å². The summed E-state index contributed by atoms with van der Waals surface area (Å²) < 4.78 is 0. The lowest BCUT2D eigenvalue weighted by Crippen LogP contribution is -2.20. The maximum Gasteiger partial charge on any atom is 0.324 e. The zero-order valence-corrected chi connectivity index (χ0v) is 12.4. The third kappa shape index (κ3) is 3.96. The van der Waals surface area contributed by atoms with Crippen LogP contribution in [0.15, 0.2) is 35.2 Å². The van der Waals surface area contributed by atoms with Gasteiger partial charge in [-0.05, 0) is 38.3 Å². The molecule has 0 spiro atoms. The molecule has 1 aromatic carbocycles. The number of carbonyl (C=O) groups excluding carboxylic acids is 1. The molecule has 104 valence electrons. The molecule has 0 bridgehead atoms. The van der Waals surface area contributed by atoms with Gasteiger partial charge in [0.25, 0.3) is 0 Å². The van der Waals surface area contributed by atoms with E-state index in [4.69, 9.17) is 0 Å². The van der Waals surface area contributed by atoms with E-state index in [-0.39, 0.29) is 6.03 Å². The Bertz CT molecular complexity index is 610. The summed E-state index contributed by atoms with van der Waals surface area (Å²) >= 11 is 1.63. The number of aromatic nitrogens is 2. The van der Waals surface area contributed by atoms with Crippen molar-refractivity contribution in [2.75, 3.05) is 16.9 Å². The van der Waals surface area contributed by atoms with Crippen LogP contribution in [0.5, 0.6) is 0 Å². The molecule has 2 rings (SSSR count). The topological polar surface area (TPSA) is 66.9 Å². The smallest absolute Gasteiger partial charge is 0.308 e. The first-order valence-electron chi connectivity index (χ1n) is 6.11. The molecule has 5 nitrogen and oxygen atoms in total. The minimum absolute atomic E-state index is 0.319. The number of aryl methyl sites for hydroxylation is 2. The average molecular weight is 288 g/mol. The molecule has 0 saturated heterocycles. The van der Waals surface area contributed by atoms with Gasteiger partial charge in [-0.1, -0.05) is 6.07 Å². The highest BCUT2D eigenvalue weighted by Crippen LogP contribution is 2.19. The Hall–Kier alpha value is -2.08. The van der Waals surface area contributed by atoms with Crippen LogP contribution >= 0.6 is 11.8 Å². The Labute approximate surface area is 122 Å². The lowest BCUT2D eigenvalue weighted by Gasteiger charge is -2.08. The van der Waals surface area contributed by atoms with Crippen LogP contribution in [0.3, 0.4) is 0 Å². The van der Waals surface area contributed by atoms with Crippen molar-refractivity contribution in [2.45, 2.75) is 18.7 Å². The number of nitrogens with one attached hydrogen (secondary N) is 2. The molecule has 1 heterocycles. The van der Waals surface area contributed by atoms with E-state index >= 15 is 0 Å². The molecular weight excluding hydrogens is 272 g/mol. The second-order valence-electron chi connectivity index (χ2n) is 4.25. The summed E-state index contributed by atoms with van der Waals surface area (Å²) in [7, 11) is 0. The van der Waals surface area contributed by atoms with E-state index in [1.54, 1.807) is 24.8 Å². The zero-order valence-electron chi connectivity index (χ0n) is 11.6. The molecule has 0 fully saturated rings. The molecule has 0 aliphatic rings. The number of hydrogen-bond donors (Lipinski definition) is 2. The number of benzene rings is 1. The summed E-state index contributed by atoms with van der Waals surface area (Å²) in [6, 6.07) is 9.06. The molecule has 0 radical (unpaired) electrons. The Kier molecular flexibility index (Phi) is 4.57. The quantitative estimate of drug-likeness (QED) is 0.849. The van der Waals surface area contributed by atoms with Gasteiger partial charge in [0.2, 0.25) is 0 Å². The fourth-order valence-electron chi connectivity index (χ4n) is 1.76. The van der Waals surface area contributed by atoms with Gasteiger partial charge in [0.15, 0.2) is 0 Å². The Morgan fingerprint density at radius 1 is 1.15 bits per heavy atom. The fraction of sp³-hybridized carbons (Fsp3) is 0.214. The van der Waals surface area contributed by atoms with E-state index in [0.29, 0.717) is 11.6 Å². The predicted molar refractivity (Wildman–Crippen MR) is 82.4 cm³/mol. The highest BCUT2D eigenvalue weighted by atomic mass is 32.2. The summed E-state index contributed by atoms with van der Waals surface area (Å²) in [5.74, 6) is 1.12. The Morgan fingerprint density at radius 2 is 1.95 bits per heavy atom. The Balaban J connectivity index is 2.04. The third-order valence-electron chi connectivity index (χ3n) is 2.54. The van der Waals surface area contributed by atoms with Crippen LogP contribution in [0.4, 0.5) is 16.3 Å². The molecule has 2 amide bonds. The van der Waals surface area contributed by atoms with Crippen LogP contribution in [0.1, 0.15) is 11.5 Å². The number of thioether (sulfide) groups is 1. The SMILES string of the molecule is CSc1cccc(NC(=O)Nc2cc(C)nc(C)n2)c1. The molecule has 20 heavy (non-hydrogen) atoms. The molecule has 2 aromatic rings. The van der Waals surface area contributed by atoms with Crippen LogP contribution in [-0.2, 0) is 0 Å². The number of hydrogen-bond acceptors (Lipinski definition) is 4. The fourth-order valence-corrected chi connectivity index (χ4v) is 2.22. The molecule has 0 atom stereocenters. The van der Waals surface area contributed by atoms with Crippen molar-refractivity contribution in [3.63, 3.8) is 0 Å². The second kappa shape index (κ2) is 6.38. The summed E-state index contributed by atoms with van der Waals surface area (Å²) in [6.07, 6.45) is 1.99. The van der Waals surface area contributed by atoms with Gasteiger partial charge in [0.05, 0.1) is 0 Å². The van der Waals surface area contributed by atoms with Crippen molar-refractivity contribution in [3.05, 3.63) is 41.9 Å². The number of anilines is 2. The van der Waals surface area contributed by atoms with Crippen molar-refractivity contribution in [2.24, 2.45) is 0 Å². The molecule has 2 N–H and O–H groups in total. The monoisotopic (exact) mass is 288 g/mol. The van der Waals surface area contributed by atoms with E-state index in [1.807, 2.05) is 37.4 Å². The normalized spacial score (nSPS) is 10.2. The molecule has 0 aliphatic heterocycles. The lowest BCUT2D eigenvalue weighted by molar-refractivity contribution is 0.262. The van der Waals surface area contributed by atoms with Gasteiger partial charge in [-0.3, -0.25) is 5.32 Å². The molecular formula is C14H16N4OS. The first kappa shape index (κ1) is 14.3. The molecule has 0 saturated carbocycles. The van der Waals surface area contributed by atoms with Gasteiger partial charge in [-0.2, -0.15) is 0 Å². The van der Waals surface area contributed by atoms with Crippen LogP contribution in [-0.4, -0.2) is 22.3 Å². The van der Waals surface area contributed by atoms with Crippen LogP contribution in [0, 0.1) is 13.8 Å². The molecule has 1 aromatic heterocycles. The minimum atomic E-state index is -0.319. The van der Waals surface area contributed by atoms with Gasteiger partial charge >= 0.3 is 6.03 Å². The summed E-state index contributed by atoms with van der Waals surface area (Å²) in [4.78, 5) is 21.3. The first-order chi connectivity index (χ1) is 9.56. The van der Waals surface area contributed by atoms with Gasteiger partial charge in [-0.25, -0.2) is 14.8 Å². The number of amides is 2.